The number of carbonyl (C=O) groups is 1. The van der Waals surface area contributed by atoms with Gasteiger partial charge in [0.1, 0.15) is 23.5 Å². The first kappa shape index (κ1) is 25.6. The van der Waals surface area contributed by atoms with Gasteiger partial charge in [0.25, 0.3) is 11.9 Å². The molecule has 8 nitrogen and oxygen atoms in total. The fraction of sp³-hybridized carbons (Fsp3) is 0.241. The van der Waals surface area contributed by atoms with Gasteiger partial charge >= 0.3 is 0 Å². The smallest absolute Gasteiger partial charge is 0.298 e. The molecule has 1 aromatic heterocycles. The molecule has 4 aromatic rings. The third-order valence-electron chi connectivity index (χ3n) is 5.87. The van der Waals surface area contributed by atoms with Crippen LogP contribution in [-0.2, 0) is 19.5 Å². The van der Waals surface area contributed by atoms with E-state index in [1.165, 1.54) is 6.26 Å². The Kier molecular flexibility index (Phi) is 8.65. The summed E-state index contributed by atoms with van der Waals surface area (Å²) in [5.41, 5.74) is 3.37. The summed E-state index contributed by atoms with van der Waals surface area (Å²) in [6, 6.07) is 23.7. The molecular formula is C29H31N3O5. The van der Waals surface area contributed by atoms with Gasteiger partial charge in [0.2, 0.25) is 0 Å². The van der Waals surface area contributed by atoms with Crippen LogP contribution in [0.3, 0.4) is 0 Å². The maximum Gasteiger partial charge on any atom is 0.298 e. The van der Waals surface area contributed by atoms with Crippen molar-refractivity contribution in [2.45, 2.75) is 19.5 Å². The fourth-order valence-electron chi connectivity index (χ4n) is 3.89. The molecule has 1 heterocycles. The molecule has 0 aliphatic carbocycles. The van der Waals surface area contributed by atoms with Crippen LogP contribution in [-0.4, -0.2) is 38.8 Å². The molecule has 0 radical (unpaired) electrons. The second-order valence-electron chi connectivity index (χ2n) is 8.43. The van der Waals surface area contributed by atoms with Crippen LogP contribution in [0.25, 0.3) is 0 Å². The highest BCUT2D eigenvalue weighted by molar-refractivity contribution is 5.92. The van der Waals surface area contributed by atoms with E-state index in [1.54, 1.807) is 21.3 Å². The summed E-state index contributed by atoms with van der Waals surface area (Å²) in [4.78, 5) is 19.2. The summed E-state index contributed by atoms with van der Waals surface area (Å²) in [6.45, 7) is 1.49. The van der Waals surface area contributed by atoms with Crippen molar-refractivity contribution in [1.82, 2.24) is 10.3 Å². The van der Waals surface area contributed by atoms with Gasteiger partial charge in [-0.05, 0) is 59.5 Å². The van der Waals surface area contributed by atoms with E-state index in [2.05, 4.69) is 10.3 Å². The van der Waals surface area contributed by atoms with Crippen molar-refractivity contribution in [2.75, 3.05) is 32.8 Å². The monoisotopic (exact) mass is 501 g/mol. The second kappa shape index (κ2) is 12.5. The molecule has 1 amide bonds. The Morgan fingerprint density at radius 1 is 0.811 bits per heavy atom. The van der Waals surface area contributed by atoms with Crippen LogP contribution in [0.5, 0.6) is 17.2 Å². The average Bonchev–Trinajstić information content (AvgIpc) is 3.44. The van der Waals surface area contributed by atoms with E-state index < -0.39 is 0 Å². The number of nitrogens with one attached hydrogen (secondary N) is 1. The Hall–Kier alpha value is -4.46. The summed E-state index contributed by atoms with van der Waals surface area (Å²) in [6.07, 6.45) is 2.08. The highest BCUT2D eigenvalue weighted by atomic mass is 16.5. The zero-order valence-electron chi connectivity index (χ0n) is 21.3. The van der Waals surface area contributed by atoms with Crippen molar-refractivity contribution in [3.63, 3.8) is 0 Å². The van der Waals surface area contributed by atoms with Crippen LogP contribution in [0, 0.1) is 0 Å². The Balaban J connectivity index is 1.46. The molecule has 0 saturated heterocycles. The minimum absolute atomic E-state index is 0.228. The van der Waals surface area contributed by atoms with Crippen LogP contribution >= 0.6 is 0 Å². The first-order chi connectivity index (χ1) is 18.1. The van der Waals surface area contributed by atoms with Gasteiger partial charge in [-0.1, -0.05) is 36.4 Å². The van der Waals surface area contributed by atoms with E-state index in [4.69, 9.17) is 18.6 Å². The zero-order valence-corrected chi connectivity index (χ0v) is 21.3. The van der Waals surface area contributed by atoms with Crippen LogP contribution in [0.1, 0.15) is 27.2 Å². The lowest BCUT2D eigenvalue weighted by Crippen LogP contribution is -2.26. The molecule has 4 rings (SSSR count). The summed E-state index contributed by atoms with van der Waals surface area (Å²) < 4.78 is 21.7. The largest absolute Gasteiger partial charge is 0.497 e. The molecule has 0 atom stereocenters. The normalized spacial score (nSPS) is 10.6. The van der Waals surface area contributed by atoms with Gasteiger partial charge < -0.3 is 28.8 Å². The SMILES string of the molecule is COc1ccc(CCNC(=O)c2coc(N(Cc3cccc(OC)c3)Cc3cccc(OC)c3)n2)cc1. The van der Waals surface area contributed by atoms with Crippen molar-refractivity contribution in [3.8, 4) is 17.2 Å². The molecule has 0 unspecified atom stereocenters. The standard InChI is InChI=1S/C29H31N3O5/c1-34-24-12-10-21(11-13-24)14-15-30-28(33)27-20-37-29(31-27)32(18-22-6-4-8-25(16-22)35-2)19-23-7-5-9-26(17-23)36-3/h4-13,16-17,20H,14-15,18-19H2,1-3H3,(H,30,33). The molecule has 8 heteroatoms. The molecule has 0 aliphatic rings. The highest BCUT2D eigenvalue weighted by Crippen LogP contribution is 2.23. The van der Waals surface area contributed by atoms with Crippen LogP contribution in [0.15, 0.2) is 83.5 Å². The predicted octanol–water partition coefficient (Wildman–Crippen LogP) is 4.88. The molecule has 1 N–H and O–H groups in total. The first-order valence-electron chi connectivity index (χ1n) is 12.0. The van der Waals surface area contributed by atoms with Gasteiger partial charge in [0, 0.05) is 19.6 Å². The van der Waals surface area contributed by atoms with E-state index in [0.29, 0.717) is 32.1 Å². The average molecular weight is 502 g/mol. The third kappa shape index (κ3) is 7.04. The summed E-state index contributed by atoms with van der Waals surface area (Å²) in [7, 11) is 4.91. The van der Waals surface area contributed by atoms with E-state index in [1.807, 2.05) is 77.7 Å². The first-order valence-corrected chi connectivity index (χ1v) is 12.0. The van der Waals surface area contributed by atoms with Crippen molar-refractivity contribution >= 4 is 11.9 Å². The minimum Gasteiger partial charge on any atom is -0.497 e. The lowest BCUT2D eigenvalue weighted by Gasteiger charge is -2.21. The van der Waals surface area contributed by atoms with Crippen molar-refractivity contribution in [1.29, 1.82) is 0 Å². The molecule has 3 aromatic carbocycles. The fourth-order valence-corrected chi connectivity index (χ4v) is 3.89. The number of methoxy groups -OCH3 is 3. The van der Waals surface area contributed by atoms with Gasteiger partial charge in [0.15, 0.2) is 5.69 Å². The Morgan fingerprint density at radius 2 is 1.41 bits per heavy atom. The number of amides is 1. The second-order valence-corrected chi connectivity index (χ2v) is 8.43. The van der Waals surface area contributed by atoms with Crippen molar-refractivity contribution < 1.29 is 23.4 Å². The molecule has 192 valence electrons. The molecule has 0 aliphatic heterocycles. The number of anilines is 1. The van der Waals surface area contributed by atoms with Crippen LogP contribution in [0.4, 0.5) is 6.01 Å². The van der Waals surface area contributed by atoms with Gasteiger partial charge in [-0.3, -0.25) is 4.79 Å². The molecule has 0 saturated carbocycles. The number of hydrogen-bond donors (Lipinski definition) is 1. The van der Waals surface area contributed by atoms with E-state index in [9.17, 15) is 4.79 Å². The summed E-state index contributed by atoms with van der Waals surface area (Å²) in [5.74, 6) is 2.05. The number of nitrogens with zero attached hydrogens (tertiary/aromatic N) is 2. The van der Waals surface area contributed by atoms with Gasteiger partial charge in [-0.25, -0.2) is 0 Å². The lowest BCUT2D eigenvalue weighted by molar-refractivity contribution is 0.0949. The highest BCUT2D eigenvalue weighted by Gasteiger charge is 2.18. The number of carbonyl (C=O) groups excluding carboxylic acids is 1. The van der Waals surface area contributed by atoms with Gasteiger partial charge in [-0.15, -0.1) is 0 Å². The van der Waals surface area contributed by atoms with Crippen molar-refractivity contribution in [2.24, 2.45) is 0 Å². The molecule has 0 bridgehead atoms. The number of rotatable bonds is 12. The maximum absolute atomic E-state index is 12.7. The molecule has 0 fully saturated rings. The van der Waals surface area contributed by atoms with Crippen molar-refractivity contribution in [3.05, 3.63) is 101 Å². The Bertz CT molecular complexity index is 1250. The number of oxazole rings is 1. The predicted molar refractivity (Wildman–Crippen MR) is 141 cm³/mol. The van der Waals surface area contributed by atoms with Crippen LogP contribution < -0.4 is 24.4 Å². The number of hydrogen-bond acceptors (Lipinski definition) is 7. The van der Waals surface area contributed by atoms with E-state index in [0.717, 1.165) is 33.9 Å². The summed E-state index contributed by atoms with van der Waals surface area (Å²) >= 11 is 0. The molecular weight excluding hydrogens is 470 g/mol. The van der Waals surface area contributed by atoms with E-state index >= 15 is 0 Å². The quantitative estimate of drug-likeness (QED) is 0.296. The lowest BCUT2D eigenvalue weighted by atomic mass is 10.1. The summed E-state index contributed by atoms with van der Waals surface area (Å²) in [5, 5.41) is 2.91. The topological polar surface area (TPSA) is 86.1 Å². The zero-order chi connectivity index (χ0) is 26.0. The third-order valence-corrected chi connectivity index (χ3v) is 5.87. The molecule has 37 heavy (non-hydrogen) atoms. The Morgan fingerprint density at radius 3 is 1.97 bits per heavy atom. The van der Waals surface area contributed by atoms with Crippen LogP contribution in [0.2, 0.25) is 0 Å². The number of ether oxygens (including phenoxy) is 3. The van der Waals surface area contributed by atoms with E-state index in [-0.39, 0.29) is 11.6 Å². The molecule has 0 spiro atoms. The Labute approximate surface area is 216 Å². The van der Waals surface area contributed by atoms with Gasteiger partial charge in [-0.2, -0.15) is 4.98 Å². The maximum atomic E-state index is 12.7. The number of aromatic nitrogens is 1. The number of benzene rings is 3. The minimum atomic E-state index is -0.286. The van der Waals surface area contributed by atoms with Gasteiger partial charge in [0.05, 0.1) is 21.3 Å².